The van der Waals surface area contributed by atoms with Crippen molar-refractivity contribution in [3.63, 3.8) is 0 Å². The Labute approximate surface area is 247 Å². The summed E-state index contributed by atoms with van der Waals surface area (Å²) in [6, 6.07) is 12.4. The maximum absolute atomic E-state index is 13.1. The molecule has 230 valence electrons. The summed E-state index contributed by atoms with van der Waals surface area (Å²) in [5.41, 5.74) is 1.59. The van der Waals surface area contributed by atoms with Crippen molar-refractivity contribution in [1.82, 2.24) is 9.80 Å². The van der Waals surface area contributed by atoms with Crippen LogP contribution < -0.4 is 0 Å². The molecule has 1 aliphatic heterocycles. The van der Waals surface area contributed by atoms with Crippen LogP contribution >= 0.6 is 0 Å². The third-order valence-corrected chi connectivity index (χ3v) is 7.79. The first-order chi connectivity index (χ1) is 20.1. The third-order valence-electron chi connectivity index (χ3n) is 7.79. The van der Waals surface area contributed by atoms with Crippen molar-refractivity contribution in [2.24, 2.45) is 5.92 Å². The first-order valence-corrected chi connectivity index (χ1v) is 15.1. The lowest BCUT2D eigenvalue weighted by Gasteiger charge is -2.35. The van der Waals surface area contributed by atoms with E-state index >= 15 is 0 Å². The monoisotopic (exact) mass is 588 g/mol. The third kappa shape index (κ3) is 10.2. The van der Waals surface area contributed by atoms with Crippen LogP contribution in [0.25, 0.3) is 0 Å². The molecule has 3 rings (SSSR count). The van der Waals surface area contributed by atoms with E-state index in [0.717, 1.165) is 25.0 Å². The van der Waals surface area contributed by atoms with Gasteiger partial charge in [0.2, 0.25) is 0 Å². The van der Waals surface area contributed by atoms with E-state index in [2.05, 4.69) is 6.92 Å². The number of hydrogen-bond donors (Lipinski definition) is 0. The number of unbranched alkanes of at least 4 members (excludes halogenated alkanes) is 5. The lowest BCUT2D eigenvalue weighted by Crippen LogP contribution is -2.44. The fourth-order valence-electron chi connectivity index (χ4n) is 5.30. The second-order valence-corrected chi connectivity index (χ2v) is 11.1. The number of hydrogen-bond acceptors (Lipinski definition) is 4. The Morgan fingerprint density at radius 1 is 0.857 bits per heavy atom. The molecule has 0 radical (unpaired) electrons. The van der Waals surface area contributed by atoms with Gasteiger partial charge in [-0.1, -0.05) is 63.3 Å². The van der Waals surface area contributed by atoms with E-state index in [-0.39, 0.29) is 31.5 Å². The zero-order valence-corrected chi connectivity index (χ0v) is 24.8. The zero-order chi connectivity index (χ0) is 30.5. The molecule has 9 heteroatoms. The lowest BCUT2D eigenvalue weighted by atomic mass is 9.95. The second kappa shape index (κ2) is 16.3. The second-order valence-electron chi connectivity index (χ2n) is 11.1. The summed E-state index contributed by atoms with van der Waals surface area (Å²) in [6.45, 7) is 5.12. The highest BCUT2D eigenvalue weighted by Gasteiger charge is 2.31. The summed E-state index contributed by atoms with van der Waals surface area (Å²) in [4.78, 5) is 41.4. The van der Waals surface area contributed by atoms with Gasteiger partial charge in [-0.05, 0) is 73.9 Å². The van der Waals surface area contributed by atoms with Gasteiger partial charge >= 0.3 is 18.1 Å². The number of piperidine rings is 1. The molecule has 0 bridgehead atoms. The first-order valence-electron chi connectivity index (χ1n) is 15.1. The van der Waals surface area contributed by atoms with Crippen LogP contribution in [0.4, 0.5) is 13.2 Å². The number of alkyl halides is 3. The molecule has 2 amide bonds. The number of rotatable bonds is 13. The number of amides is 2. The van der Waals surface area contributed by atoms with E-state index in [1.165, 1.54) is 54.7 Å². The van der Waals surface area contributed by atoms with Crippen molar-refractivity contribution < 1.29 is 32.3 Å². The molecule has 0 N–H and O–H groups in total. The van der Waals surface area contributed by atoms with E-state index in [0.29, 0.717) is 37.1 Å². The number of nitrogens with zero attached hydrogens (tertiary/aromatic N) is 2. The van der Waals surface area contributed by atoms with Crippen molar-refractivity contribution in [3.8, 4) is 0 Å². The molecule has 2 aromatic rings. The van der Waals surface area contributed by atoms with Gasteiger partial charge in [-0.3, -0.25) is 9.59 Å². The number of carbonyl (C=O) groups excluding carboxylic acids is 3. The average Bonchev–Trinajstić information content (AvgIpc) is 2.98. The molecule has 1 fully saturated rings. The minimum Gasteiger partial charge on any atom is -0.459 e. The number of benzene rings is 2. The molecule has 6 nitrogen and oxygen atoms in total. The number of ether oxygens (including phenoxy) is 1. The van der Waals surface area contributed by atoms with Crippen molar-refractivity contribution in [3.05, 3.63) is 70.8 Å². The van der Waals surface area contributed by atoms with E-state index in [1.807, 2.05) is 29.2 Å². The topological polar surface area (TPSA) is 66.9 Å². The normalized spacial score (nSPS) is 14.1. The van der Waals surface area contributed by atoms with E-state index in [4.69, 9.17) is 4.74 Å². The molecule has 1 saturated heterocycles. The summed E-state index contributed by atoms with van der Waals surface area (Å²) in [5, 5.41) is 0. The molecule has 0 aliphatic carbocycles. The predicted octanol–water partition coefficient (Wildman–Crippen LogP) is 7.05. The van der Waals surface area contributed by atoms with Gasteiger partial charge in [-0.25, -0.2) is 4.79 Å². The zero-order valence-electron chi connectivity index (χ0n) is 24.8. The van der Waals surface area contributed by atoms with Gasteiger partial charge in [0.05, 0.1) is 12.2 Å². The molecule has 2 aromatic carbocycles. The summed E-state index contributed by atoms with van der Waals surface area (Å²) >= 11 is 0. The molecule has 0 atom stereocenters. The Hall–Kier alpha value is -3.36. The Kier molecular flexibility index (Phi) is 12.9. The number of likely N-dealkylation sites (tertiary alicyclic amines) is 1. The Morgan fingerprint density at radius 2 is 1.45 bits per heavy atom. The van der Waals surface area contributed by atoms with Gasteiger partial charge in [-0.15, -0.1) is 0 Å². The summed E-state index contributed by atoms with van der Waals surface area (Å²) in [6.07, 6.45) is 5.31. The van der Waals surface area contributed by atoms with Crippen LogP contribution in [0, 0.1) is 5.92 Å². The van der Waals surface area contributed by atoms with Crippen LogP contribution in [0.2, 0.25) is 0 Å². The van der Waals surface area contributed by atoms with Crippen LogP contribution in [0.15, 0.2) is 48.5 Å². The number of carbonyl (C=O) groups is 3. The molecular formula is C33H43F3N2O4. The fourth-order valence-corrected chi connectivity index (χ4v) is 5.30. The smallest absolute Gasteiger partial charge is 0.416 e. The SMILES string of the molecule is CCCCCCCCc1ccc(C(=O)N2CCC(CN(Cc3ccc(C(F)(F)F)cc3)C(=O)C(=O)OCC)CC2)cc1. The highest BCUT2D eigenvalue weighted by atomic mass is 19.4. The summed E-state index contributed by atoms with van der Waals surface area (Å²) < 4.78 is 43.8. The van der Waals surface area contributed by atoms with Gasteiger partial charge in [0.15, 0.2) is 0 Å². The molecule has 0 saturated carbocycles. The maximum Gasteiger partial charge on any atom is 0.416 e. The van der Waals surface area contributed by atoms with Crippen LogP contribution in [0.5, 0.6) is 0 Å². The summed E-state index contributed by atoms with van der Waals surface area (Å²) in [5.74, 6) is -1.81. The standard InChI is InChI=1S/C33H43F3N2O4/c1-3-5-6-7-8-9-10-25-11-15-28(16-12-25)30(39)37-21-19-27(20-22-37)24-38(31(40)32(41)42-4-2)23-26-13-17-29(18-14-26)33(34,35)36/h11-18,27H,3-10,19-24H2,1-2H3. The maximum atomic E-state index is 13.1. The molecule has 0 aromatic heterocycles. The molecular weight excluding hydrogens is 545 g/mol. The van der Waals surface area contributed by atoms with E-state index in [9.17, 15) is 27.6 Å². The van der Waals surface area contributed by atoms with Crippen molar-refractivity contribution >= 4 is 17.8 Å². The van der Waals surface area contributed by atoms with Crippen molar-refractivity contribution in [1.29, 1.82) is 0 Å². The Balaban J connectivity index is 1.54. The minimum atomic E-state index is -4.46. The quantitative estimate of drug-likeness (QED) is 0.143. The Morgan fingerprint density at radius 3 is 2.05 bits per heavy atom. The number of halogens is 3. The van der Waals surface area contributed by atoms with E-state index < -0.39 is 23.6 Å². The number of aryl methyl sites for hydroxylation is 1. The van der Waals surface area contributed by atoms with Crippen LogP contribution in [-0.2, 0) is 33.5 Å². The molecule has 42 heavy (non-hydrogen) atoms. The lowest BCUT2D eigenvalue weighted by molar-refractivity contribution is -0.160. The van der Waals surface area contributed by atoms with Gasteiger partial charge in [0.1, 0.15) is 0 Å². The minimum absolute atomic E-state index is 0.0139. The molecule has 1 aliphatic rings. The highest BCUT2D eigenvalue weighted by molar-refractivity contribution is 6.32. The summed E-state index contributed by atoms with van der Waals surface area (Å²) in [7, 11) is 0. The van der Waals surface area contributed by atoms with Crippen molar-refractivity contribution in [2.75, 3.05) is 26.2 Å². The molecule has 0 spiro atoms. The molecule has 0 unspecified atom stereocenters. The average molecular weight is 589 g/mol. The first kappa shape index (κ1) is 33.1. The highest BCUT2D eigenvalue weighted by Crippen LogP contribution is 2.29. The van der Waals surface area contributed by atoms with Crippen LogP contribution in [0.3, 0.4) is 0 Å². The predicted molar refractivity (Wildman–Crippen MR) is 156 cm³/mol. The Bertz CT molecular complexity index is 1140. The fraction of sp³-hybridized carbons (Fsp3) is 0.545. The van der Waals surface area contributed by atoms with Crippen molar-refractivity contribution in [2.45, 2.75) is 84.4 Å². The van der Waals surface area contributed by atoms with Crippen LogP contribution in [0.1, 0.15) is 92.3 Å². The van der Waals surface area contributed by atoms with Gasteiger partial charge in [-0.2, -0.15) is 13.2 Å². The largest absolute Gasteiger partial charge is 0.459 e. The van der Waals surface area contributed by atoms with Crippen LogP contribution in [-0.4, -0.2) is 53.8 Å². The van der Waals surface area contributed by atoms with Gasteiger partial charge < -0.3 is 14.5 Å². The number of esters is 1. The van der Waals surface area contributed by atoms with Gasteiger partial charge in [0, 0.05) is 31.7 Å². The molecule has 1 heterocycles. The van der Waals surface area contributed by atoms with Gasteiger partial charge in [0.25, 0.3) is 5.91 Å². The van der Waals surface area contributed by atoms with E-state index in [1.54, 1.807) is 6.92 Å².